The summed E-state index contributed by atoms with van der Waals surface area (Å²) in [6.07, 6.45) is 2.80. The van der Waals surface area contributed by atoms with Crippen molar-refractivity contribution in [2.24, 2.45) is 0 Å². The zero-order valence-electron chi connectivity index (χ0n) is 5.80. The van der Waals surface area contributed by atoms with E-state index in [2.05, 4.69) is 4.98 Å². The number of rotatable bonds is 1. The molecule has 0 amide bonds. The number of nitrogens with one attached hydrogen (secondary N) is 1. The van der Waals surface area contributed by atoms with Crippen molar-refractivity contribution in [1.82, 2.24) is 4.98 Å². The molecule has 0 saturated carbocycles. The lowest BCUT2D eigenvalue weighted by molar-refractivity contribution is 0.108. The second-order valence-corrected chi connectivity index (χ2v) is 2.75. The topological polar surface area (TPSA) is 56.6 Å². The Balaban J connectivity index is 3.46. The van der Waals surface area contributed by atoms with Crippen LogP contribution in [-0.2, 0) is 0 Å². The smallest absolute Gasteiger partial charge is 0.255 e. The van der Waals surface area contributed by atoms with Crippen molar-refractivity contribution in [1.29, 1.82) is 5.26 Å². The highest BCUT2D eigenvalue weighted by Gasteiger charge is 2.06. The number of nitriles is 1. The van der Waals surface area contributed by atoms with Crippen LogP contribution in [0.2, 0.25) is 0 Å². The molecule has 0 atom stereocenters. The molecule has 0 saturated heterocycles. The second kappa shape index (κ2) is 3.48. The van der Waals surface area contributed by atoms with Gasteiger partial charge in [0.2, 0.25) is 0 Å². The molecule has 0 aliphatic rings. The number of hydrogen-bond acceptors (Lipinski definition) is 3. The van der Waals surface area contributed by atoms with E-state index in [-0.39, 0.29) is 15.6 Å². The van der Waals surface area contributed by atoms with Gasteiger partial charge in [0, 0.05) is 12.4 Å². The zero-order valence-corrected chi connectivity index (χ0v) is 7.37. The van der Waals surface area contributed by atoms with E-state index in [0.717, 1.165) is 0 Å². The van der Waals surface area contributed by atoms with Crippen molar-refractivity contribution >= 4 is 29.1 Å². The van der Waals surface area contributed by atoms with Crippen molar-refractivity contribution < 1.29 is 4.79 Å². The van der Waals surface area contributed by atoms with Crippen LogP contribution in [0.4, 0.5) is 0 Å². The number of hydrogen-bond donors (Lipinski definition) is 1. The van der Waals surface area contributed by atoms with Crippen molar-refractivity contribution in [2.45, 2.75) is 0 Å². The summed E-state index contributed by atoms with van der Waals surface area (Å²) in [4.78, 5) is 13.3. The first-order chi connectivity index (χ1) is 5.66. The van der Waals surface area contributed by atoms with Gasteiger partial charge in [-0.1, -0.05) is 12.2 Å². The van der Waals surface area contributed by atoms with Crippen LogP contribution in [0.5, 0.6) is 0 Å². The van der Waals surface area contributed by atoms with Gasteiger partial charge in [-0.15, -0.1) is 0 Å². The van der Waals surface area contributed by atoms with Crippen LogP contribution in [0, 0.1) is 15.8 Å². The first-order valence-electron chi connectivity index (χ1n) is 2.98. The molecular formula is C7H3ClN2OS. The molecule has 1 heterocycles. The van der Waals surface area contributed by atoms with Gasteiger partial charge in [0.15, 0.2) is 0 Å². The standard InChI is InChI=1S/C7H3ClN2OS/c8-7(11)5-3-10-2-4(1-9)6(5)12/h2-3H,(H,10,12). The van der Waals surface area contributed by atoms with E-state index >= 15 is 0 Å². The molecule has 1 aromatic rings. The fourth-order valence-electron chi connectivity index (χ4n) is 0.714. The van der Waals surface area contributed by atoms with Crippen LogP contribution >= 0.6 is 23.8 Å². The molecule has 0 fully saturated rings. The molecule has 1 N–H and O–H groups in total. The Hall–Kier alpha value is -1.18. The number of H-pyrrole nitrogens is 1. The highest BCUT2D eigenvalue weighted by molar-refractivity contribution is 7.71. The summed E-state index contributed by atoms with van der Waals surface area (Å²) < 4.78 is 0.191. The van der Waals surface area contributed by atoms with Gasteiger partial charge in [-0.05, 0) is 11.6 Å². The van der Waals surface area contributed by atoms with Gasteiger partial charge in [0.1, 0.15) is 6.07 Å². The normalized spacial score (nSPS) is 9.00. The molecule has 0 radical (unpaired) electrons. The van der Waals surface area contributed by atoms with Crippen LogP contribution in [-0.4, -0.2) is 10.2 Å². The minimum Gasteiger partial charge on any atom is -0.366 e. The third-order valence-corrected chi connectivity index (χ3v) is 1.92. The lowest BCUT2D eigenvalue weighted by Crippen LogP contribution is -1.93. The first kappa shape index (κ1) is 8.91. The Morgan fingerprint density at radius 3 is 2.83 bits per heavy atom. The van der Waals surface area contributed by atoms with E-state index in [4.69, 9.17) is 29.1 Å². The summed E-state index contributed by atoms with van der Waals surface area (Å²) in [5, 5.41) is 7.87. The average molecular weight is 199 g/mol. The summed E-state index contributed by atoms with van der Waals surface area (Å²) in [6.45, 7) is 0. The summed E-state index contributed by atoms with van der Waals surface area (Å²) in [7, 11) is 0. The van der Waals surface area contributed by atoms with Crippen LogP contribution in [0.15, 0.2) is 12.4 Å². The molecule has 0 unspecified atom stereocenters. The van der Waals surface area contributed by atoms with E-state index in [1.807, 2.05) is 6.07 Å². The van der Waals surface area contributed by atoms with Crippen molar-refractivity contribution in [3.8, 4) is 6.07 Å². The second-order valence-electron chi connectivity index (χ2n) is 2.00. The fraction of sp³-hybridized carbons (Fsp3) is 0. The molecule has 1 aromatic heterocycles. The monoisotopic (exact) mass is 198 g/mol. The van der Waals surface area contributed by atoms with E-state index in [9.17, 15) is 4.79 Å². The third kappa shape index (κ3) is 1.52. The molecule has 1 rings (SSSR count). The van der Waals surface area contributed by atoms with Crippen LogP contribution < -0.4 is 0 Å². The molecule has 0 aliphatic heterocycles. The summed E-state index contributed by atoms with van der Waals surface area (Å²) in [5.41, 5.74) is 0.405. The fourth-order valence-corrected chi connectivity index (χ4v) is 1.17. The molecule has 0 bridgehead atoms. The quantitative estimate of drug-likeness (QED) is 0.555. The maximum absolute atomic E-state index is 10.7. The molecule has 0 aromatic carbocycles. The Morgan fingerprint density at radius 1 is 1.67 bits per heavy atom. The Bertz CT molecular complexity index is 418. The van der Waals surface area contributed by atoms with E-state index in [1.165, 1.54) is 12.4 Å². The van der Waals surface area contributed by atoms with Gasteiger partial charge in [-0.2, -0.15) is 5.26 Å². The number of nitrogens with zero attached hydrogens (tertiary/aromatic N) is 1. The van der Waals surface area contributed by atoms with Crippen LogP contribution in [0.25, 0.3) is 0 Å². The predicted molar refractivity (Wildman–Crippen MR) is 46.5 cm³/mol. The summed E-state index contributed by atoms with van der Waals surface area (Å²) >= 11 is 10.0. The largest absolute Gasteiger partial charge is 0.366 e. The maximum Gasteiger partial charge on any atom is 0.255 e. The number of halogens is 1. The SMILES string of the molecule is N#Cc1c[nH]cc(C(=O)Cl)c1=S. The highest BCUT2D eigenvalue weighted by Crippen LogP contribution is 2.08. The van der Waals surface area contributed by atoms with Crippen molar-refractivity contribution in [2.75, 3.05) is 0 Å². The van der Waals surface area contributed by atoms with Crippen LogP contribution in [0.3, 0.4) is 0 Å². The van der Waals surface area contributed by atoms with Crippen LogP contribution in [0.1, 0.15) is 15.9 Å². The molecule has 12 heavy (non-hydrogen) atoms. The lowest BCUT2D eigenvalue weighted by Gasteiger charge is -1.94. The number of carbonyl (C=O) groups is 1. The minimum absolute atomic E-state index is 0.158. The van der Waals surface area contributed by atoms with E-state index in [1.54, 1.807) is 0 Å². The number of aromatic nitrogens is 1. The average Bonchev–Trinajstić information content (AvgIpc) is 2.04. The van der Waals surface area contributed by atoms with Gasteiger partial charge in [-0.25, -0.2) is 0 Å². The summed E-state index contributed by atoms with van der Waals surface area (Å²) in [6, 6.07) is 1.84. The Morgan fingerprint density at radius 2 is 2.33 bits per heavy atom. The van der Waals surface area contributed by atoms with Gasteiger partial charge in [0.05, 0.1) is 15.6 Å². The molecule has 0 aliphatic carbocycles. The Labute approximate surface area is 78.6 Å². The van der Waals surface area contributed by atoms with E-state index in [0.29, 0.717) is 0 Å². The third-order valence-electron chi connectivity index (χ3n) is 1.28. The maximum atomic E-state index is 10.7. The lowest BCUT2D eigenvalue weighted by atomic mass is 10.2. The Kier molecular flexibility index (Phi) is 2.58. The summed E-state index contributed by atoms with van der Waals surface area (Å²) in [5.74, 6) is 0. The van der Waals surface area contributed by atoms with Crippen molar-refractivity contribution in [3.05, 3.63) is 28.0 Å². The van der Waals surface area contributed by atoms with Gasteiger partial charge in [-0.3, -0.25) is 4.79 Å². The van der Waals surface area contributed by atoms with Gasteiger partial charge in [0.25, 0.3) is 5.24 Å². The first-order valence-corrected chi connectivity index (χ1v) is 3.76. The van der Waals surface area contributed by atoms with E-state index < -0.39 is 5.24 Å². The number of carbonyl (C=O) groups excluding carboxylic acids is 1. The van der Waals surface area contributed by atoms with Gasteiger partial charge < -0.3 is 4.98 Å². The number of pyridine rings is 1. The highest BCUT2D eigenvalue weighted by atomic mass is 35.5. The molecular weight excluding hydrogens is 196 g/mol. The molecule has 3 nitrogen and oxygen atoms in total. The zero-order chi connectivity index (χ0) is 9.14. The molecule has 0 spiro atoms. The minimum atomic E-state index is -0.659. The molecule has 60 valence electrons. The van der Waals surface area contributed by atoms with Gasteiger partial charge >= 0.3 is 0 Å². The van der Waals surface area contributed by atoms with Crippen molar-refractivity contribution in [3.63, 3.8) is 0 Å². The number of aromatic amines is 1. The molecule has 5 heteroatoms. The predicted octanol–water partition coefficient (Wildman–Crippen LogP) is 1.99.